The first-order chi connectivity index (χ1) is 13.4. The van der Waals surface area contributed by atoms with Crippen molar-refractivity contribution in [1.29, 1.82) is 0 Å². The maximum Gasteiger partial charge on any atom is 0.422 e. The smallest absolute Gasteiger partial charge is 0.422 e. The van der Waals surface area contributed by atoms with Gasteiger partial charge in [-0.05, 0) is 18.2 Å². The highest BCUT2D eigenvalue weighted by molar-refractivity contribution is 5.93. The molecule has 0 amide bonds. The van der Waals surface area contributed by atoms with E-state index in [1.54, 1.807) is 37.4 Å². The molecule has 0 radical (unpaired) electrons. The molecule has 1 aromatic heterocycles. The zero-order valence-corrected chi connectivity index (χ0v) is 15.6. The minimum atomic E-state index is -4.44. The lowest BCUT2D eigenvalue weighted by molar-refractivity contribution is -0.154. The molecule has 0 aliphatic rings. The molecule has 2 rings (SSSR count). The van der Waals surface area contributed by atoms with Crippen LogP contribution >= 0.6 is 0 Å². The van der Waals surface area contributed by atoms with Crippen molar-refractivity contribution >= 4 is 11.6 Å². The minimum absolute atomic E-state index is 0.0890. The van der Waals surface area contributed by atoms with Gasteiger partial charge in [0.1, 0.15) is 0 Å². The topological polar surface area (TPSA) is 77.0 Å². The van der Waals surface area contributed by atoms with Crippen LogP contribution in [0.15, 0.2) is 41.5 Å². The number of guanidine groups is 1. The molecule has 2 aromatic rings. The highest BCUT2D eigenvalue weighted by Crippen LogP contribution is 2.29. The third kappa shape index (κ3) is 6.22. The fourth-order valence-electron chi connectivity index (χ4n) is 2.25. The van der Waals surface area contributed by atoms with Crippen LogP contribution in [-0.4, -0.2) is 45.0 Å². The lowest BCUT2D eigenvalue weighted by Gasteiger charge is -2.15. The molecule has 152 valence electrons. The molecule has 0 atom stereocenters. The van der Waals surface area contributed by atoms with Crippen LogP contribution in [0.2, 0.25) is 0 Å². The number of hydrogen-bond acceptors (Lipinski definition) is 5. The molecule has 28 heavy (non-hydrogen) atoms. The molecule has 0 bridgehead atoms. The van der Waals surface area contributed by atoms with Crippen molar-refractivity contribution in [2.24, 2.45) is 4.99 Å². The molecule has 0 spiro atoms. The second kappa shape index (κ2) is 9.67. The number of anilines is 1. The van der Waals surface area contributed by atoms with Crippen LogP contribution in [0, 0.1) is 0 Å². The highest BCUT2D eigenvalue weighted by Gasteiger charge is 2.29. The lowest BCUT2D eigenvalue weighted by Crippen LogP contribution is -2.30. The standard InChI is InChI=1S/C18H21F3N4O3/c1-22-17(25-13-6-7-14(26-2)15(9-13)27-3)24-10-12-5-4-8-23-16(12)28-11-18(19,20)21/h4-9H,10-11H2,1-3H3,(H2,22,24,25). The van der Waals surface area contributed by atoms with Crippen LogP contribution in [0.1, 0.15) is 5.56 Å². The van der Waals surface area contributed by atoms with Crippen molar-refractivity contribution in [1.82, 2.24) is 10.3 Å². The van der Waals surface area contributed by atoms with Crippen molar-refractivity contribution in [2.45, 2.75) is 12.7 Å². The predicted molar refractivity (Wildman–Crippen MR) is 99.2 cm³/mol. The van der Waals surface area contributed by atoms with Crippen LogP contribution in [0.4, 0.5) is 18.9 Å². The average Bonchev–Trinajstić information content (AvgIpc) is 2.69. The van der Waals surface area contributed by atoms with Gasteiger partial charge in [0.25, 0.3) is 0 Å². The first kappa shape index (κ1) is 21.1. The van der Waals surface area contributed by atoms with Crippen molar-refractivity contribution < 1.29 is 27.4 Å². The molecular formula is C18H21F3N4O3. The second-order valence-electron chi connectivity index (χ2n) is 5.49. The maximum absolute atomic E-state index is 12.4. The number of nitrogens with zero attached hydrogens (tertiary/aromatic N) is 2. The van der Waals surface area contributed by atoms with Gasteiger partial charge in [-0.15, -0.1) is 0 Å². The lowest BCUT2D eigenvalue weighted by atomic mass is 10.2. The van der Waals surface area contributed by atoms with E-state index in [1.165, 1.54) is 20.4 Å². The van der Waals surface area contributed by atoms with Gasteiger partial charge in [-0.1, -0.05) is 6.07 Å². The van der Waals surface area contributed by atoms with Gasteiger partial charge in [0.2, 0.25) is 5.88 Å². The van der Waals surface area contributed by atoms with Gasteiger partial charge in [0.05, 0.1) is 14.2 Å². The molecule has 0 saturated carbocycles. The Hall–Kier alpha value is -3.17. The third-order valence-electron chi connectivity index (χ3n) is 3.54. The van der Waals surface area contributed by atoms with E-state index in [2.05, 4.69) is 20.6 Å². The Morgan fingerprint density at radius 2 is 1.89 bits per heavy atom. The zero-order valence-electron chi connectivity index (χ0n) is 15.6. The molecular weight excluding hydrogens is 377 g/mol. The Balaban J connectivity index is 2.03. The summed E-state index contributed by atoms with van der Waals surface area (Å²) in [7, 11) is 4.64. The van der Waals surface area contributed by atoms with Gasteiger partial charge in [0, 0.05) is 37.1 Å². The molecule has 0 unspecified atom stereocenters. The minimum Gasteiger partial charge on any atom is -0.493 e. The summed E-state index contributed by atoms with van der Waals surface area (Å²) in [6.45, 7) is -1.25. The van der Waals surface area contributed by atoms with Gasteiger partial charge in [-0.25, -0.2) is 4.98 Å². The first-order valence-corrected chi connectivity index (χ1v) is 8.19. The summed E-state index contributed by atoms with van der Waals surface area (Å²) < 4.78 is 52.4. The summed E-state index contributed by atoms with van der Waals surface area (Å²) >= 11 is 0. The SMILES string of the molecule is CN=C(NCc1cccnc1OCC(F)(F)F)Nc1ccc(OC)c(OC)c1. The van der Waals surface area contributed by atoms with Gasteiger partial charge in [0.15, 0.2) is 24.1 Å². The molecule has 7 nitrogen and oxygen atoms in total. The van der Waals surface area contributed by atoms with E-state index in [0.717, 1.165) is 0 Å². The Morgan fingerprint density at radius 1 is 1.14 bits per heavy atom. The number of halogens is 3. The summed E-state index contributed by atoms with van der Waals surface area (Å²) in [5.74, 6) is 1.43. The fraction of sp³-hybridized carbons (Fsp3) is 0.333. The Labute approximate surface area is 160 Å². The molecule has 2 N–H and O–H groups in total. The maximum atomic E-state index is 12.4. The van der Waals surface area contributed by atoms with Crippen LogP contribution in [-0.2, 0) is 6.54 Å². The summed E-state index contributed by atoms with van der Waals surface area (Å²) in [4.78, 5) is 7.95. The molecule has 10 heteroatoms. The number of hydrogen-bond donors (Lipinski definition) is 2. The van der Waals surface area contributed by atoms with E-state index >= 15 is 0 Å². The van der Waals surface area contributed by atoms with Gasteiger partial charge < -0.3 is 24.8 Å². The van der Waals surface area contributed by atoms with Crippen molar-refractivity contribution in [3.8, 4) is 17.4 Å². The Bertz CT molecular complexity index is 813. The quantitative estimate of drug-likeness (QED) is 0.551. The zero-order chi connectivity index (χ0) is 20.6. The van der Waals surface area contributed by atoms with E-state index in [-0.39, 0.29) is 12.4 Å². The Morgan fingerprint density at radius 3 is 2.54 bits per heavy atom. The monoisotopic (exact) mass is 398 g/mol. The Kier molecular flexibility index (Phi) is 7.30. The fourth-order valence-corrected chi connectivity index (χ4v) is 2.25. The van der Waals surface area contributed by atoms with Crippen molar-refractivity contribution in [2.75, 3.05) is 33.2 Å². The van der Waals surface area contributed by atoms with Gasteiger partial charge >= 0.3 is 6.18 Å². The third-order valence-corrected chi connectivity index (χ3v) is 3.54. The van der Waals surface area contributed by atoms with Crippen molar-refractivity contribution in [3.63, 3.8) is 0 Å². The number of benzene rings is 1. The van der Waals surface area contributed by atoms with E-state index in [9.17, 15) is 13.2 Å². The number of rotatable bonds is 7. The van der Waals surface area contributed by atoms with E-state index < -0.39 is 12.8 Å². The summed E-state index contributed by atoms with van der Waals surface area (Å²) in [5, 5.41) is 6.07. The molecule has 0 aliphatic heterocycles. The molecule has 1 aromatic carbocycles. The van der Waals surface area contributed by atoms with E-state index in [1.807, 2.05) is 0 Å². The summed E-state index contributed by atoms with van der Waals surface area (Å²) in [5.41, 5.74) is 1.15. The number of methoxy groups -OCH3 is 2. The van der Waals surface area contributed by atoms with E-state index in [4.69, 9.17) is 14.2 Å². The summed E-state index contributed by atoms with van der Waals surface area (Å²) in [6, 6.07) is 8.47. The van der Waals surface area contributed by atoms with Gasteiger partial charge in [-0.3, -0.25) is 4.99 Å². The number of pyridine rings is 1. The van der Waals surface area contributed by atoms with Crippen molar-refractivity contribution in [3.05, 3.63) is 42.1 Å². The van der Waals surface area contributed by atoms with Crippen LogP contribution < -0.4 is 24.8 Å². The van der Waals surface area contributed by atoms with Crippen LogP contribution in [0.25, 0.3) is 0 Å². The molecule has 0 saturated heterocycles. The number of ether oxygens (including phenoxy) is 3. The number of nitrogens with one attached hydrogen (secondary N) is 2. The second-order valence-corrected chi connectivity index (χ2v) is 5.49. The number of aliphatic imine (C=N–C) groups is 1. The average molecular weight is 398 g/mol. The predicted octanol–water partition coefficient (Wildman–Crippen LogP) is 3.23. The summed E-state index contributed by atoms with van der Waals surface area (Å²) in [6.07, 6.45) is -3.07. The number of alkyl halides is 3. The number of aromatic nitrogens is 1. The van der Waals surface area contributed by atoms with Crippen LogP contribution in [0.5, 0.6) is 17.4 Å². The largest absolute Gasteiger partial charge is 0.493 e. The molecule has 0 fully saturated rings. The van der Waals surface area contributed by atoms with Crippen LogP contribution in [0.3, 0.4) is 0 Å². The normalized spacial score (nSPS) is 11.7. The van der Waals surface area contributed by atoms with E-state index in [0.29, 0.717) is 28.7 Å². The van der Waals surface area contributed by atoms with Gasteiger partial charge in [-0.2, -0.15) is 13.2 Å². The first-order valence-electron chi connectivity index (χ1n) is 8.19. The highest BCUT2D eigenvalue weighted by atomic mass is 19.4. The molecule has 0 aliphatic carbocycles. The molecule has 1 heterocycles.